The average molecular weight is 434 g/mol. The fourth-order valence-corrected chi connectivity index (χ4v) is 4.07. The maximum absolute atomic E-state index is 12.6. The first-order valence-corrected chi connectivity index (χ1v) is 10.9. The number of aliphatic hydroxyl groups excluding tert-OH is 1. The lowest BCUT2D eigenvalue weighted by Gasteiger charge is -2.41. The Balaban J connectivity index is 1.65. The normalized spacial score (nSPS) is 19.5. The minimum absolute atomic E-state index is 0.0504. The molecule has 0 radical (unpaired) electrons. The summed E-state index contributed by atoms with van der Waals surface area (Å²) in [6.07, 6.45) is 0.373. The second-order valence-electron chi connectivity index (χ2n) is 9.41. The smallest absolute Gasteiger partial charge is 0.410 e. The standard InChI is InChI=1S/C22H35N5O4/c1-15(28)27(18-8-10-25(11-9-18)21(30)31-22(2,3)4)19-7-5-6-16(12-19)20(29)24-17-13-26(23)14-17/h5-7,12,15,17-18,28H,8-11,13-14,23H2,1-4H3,(H,24,29). The van der Waals surface area contributed by atoms with E-state index in [0.29, 0.717) is 44.6 Å². The van der Waals surface area contributed by atoms with Gasteiger partial charge in [0.25, 0.3) is 5.91 Å². The number of hydrogen-bond donors (Lipinski definition) is 3. The summed E-state index contributed by atoms with van der Waals surface area (Å²) in [6, 6.07) is 7.41. The van der Waals surface area contributed by atoms with Crippen LogP contribution in [0.2, 0.25) is 0 Å². The van der Waals surface area contributed by atoms with E-state index in [0.717, 1.165) is 5.69 Å². The quantitative estimate of drug-likeness (QED) is 0.477. The molecule has 0 bridgehead atoms. The average Bonchev–Trinajstić information content (AvgIpc) is 2.66. The van der Waals surface area contributed by atoms with Crippen LogP contribution in [-0.4, -0.2) is 77.1 Å². The molecule has 0 aliphatic carbocycles. The van der Waals surface area contributed by atoms with Gasteiger partial charge in [0.2, 0.25) is 0 Å². The van der Waals surface area contributed by atoms with Gasteiger partial charge in [0, 0.05) is 43.5 Å². The third-order valence-electron chi connectivity index (χ3n) is 5.56. The Morgan fingerprint density at radius 1 is 1.26 bits per heavy atom. The first kappa shape index (κ1) is 23.3. The van der Waals surface area contributed by atoms with E-state index >= 15 is 0 Å². The van der Waals surface area contributed by atoms with Crippen molar-refractivity contribution in [3.8, 4) is 0 Å². The lowest BCUT2D eigenvalue weighted by Crippen LogP contribution is -2.61. The van der Waals surface area contributed by atoms with Crippen LogP contribution in [0.25, 0.3) is 0 Å². The van der Waals surface area contributed by atoms with Gasteiger partial charge in [-0.25, -0.2) is 9.80 Å². The number of carbonyl (C=O) groups excluding carboxylic acids is 2. The molecule has 4 N–H and O–H groups in total. The summed E-state index contributed by atoms with van der Waals surface area (Å²) in [7, 11) is 0. The summed E-state index contributed by atoms with van der Waals surface area (Å²) in [5.41, 5.74) is 0.805. The number of anilines is 1. The summed E-state index contributed by atoms with van der Waals surface area (Å²) in [6.45, 7) is 9.67. The van der Waals surface area contributed by atoms with Gasteiger partial charge in [-0.1, -0.05) is 6.07 Å². The predicted molar refractivity (Wildman–Crippen MR) is 118 cm³/mol. The van der Waals surface area contributed by atoms with Gasteiger partial charge in [-0.2, -0.15) is 0 Å². The molecule has 1 aromatic carbocycles. The van der Waals surface area contributed by atoms with E-state index < -0.39 is 11.8 Å². The Kier molecular flexibility index (Phi) is 7.08. The van der Waals surface area contributed by atoms with Crippen LogP contribution in [0.4, 0.5) is 10.5 Å². The number of aliphatic hydroxyl groups is 1. The molecule has 2 aliphatic rings. The third-order valence-corrected chi connectivity index (χ3v) is 5.56. The molecule has 0 saturated carbocycles. The molecular formula is C22H35N5O4. The molecule has 31 heavy (non-hydrogen) atoms. The van der Waals surface area contributed by atoms with Crippen molar-refractivity contribution in [3.63, 3.8) is 0 Å². The third kappa shape index (κ3) is 6.09. The van der Waals surface area contributed by atoms with E-state index in [1.165, 1.54) is 0 Å². The summed E-state index contributed by atoms with van der Waals surface area (Å²) < 4.78 is 5.47. The van der Waals surface area contributed by atoms with Gasteiger partial charge in [-0.15, -0.1) is 0 Å². The molecule has 3 rings (SSSR count). The summed E-state index contributed by atoms with van der Waals surface area (Å²) in [5.74, 6) is 5.49. The SMILES string of the molecule is CC(O)N(c1cccc(C(=O)NC2CN(N)C2)c1)C1CCN(C(=O)OC(C)(C)C)CC1. The van der Waals surface area contributed by atoms with E-state index in [1.807, 2.05) is 37.8 Å². The molecule has 2 aliphatic heterocycles. The molecule has 2 saturated heterocycles. The van der Waals surface area contributed by atoms with E-state index in [4.69, 9.17) is 10.6 Å². The lowest BCUT2D eigenvalue weighted by atomic mass is 10.0. The van der Waals surface area contributed by atoms with Crippen LogP contribution >= 0.6 is 0 Å². The second kappa shape index (κ2) is 9.42. The first-order valence-electron chi connectivity index (χ1n) is 10.9. The molecule has 1 unspecified atom stereocenters. The Morgan fingerprint density at radius 3 is 2.45 bits per heavy atom. The number of ether oxygens (including phenoxy) is 1. The molecule has 9 heteroatoms. The van der Waals surface area contributed by atoms with Crippen LogP contribution in [0.1, 0.15) is 50.9 Å². The van der Waals surface area contributed by atoms with Gasteiger partial charge < -0.3 is 25.0 Å². The molecule has 2 fully saturated rings. The first-order chi connectivity index (χ1) is 14.5. The van der Waals surface area contributed by atoms with Gasteiger partial charge in [-0.3, -0.25) is 10.6 Å². The number of nitrogens with zero attached hydrogens (tertiary/aromatic N) is 3. The molecule has 2 heterocycles. The molecule has 172 valence electrons. The highest BCUT2D eigenvalue weighted by atomic mass is 16.6. The minimum atomic E-state index is -0.728. The van der Waals surface area contributed by atoms with Crippen LogP contribution in [0.3, 0.4) is 0 Å². The van der Waals surface area contributed by atoms with Crippen LogP contribution in [0, 0.1) is 0 Å². The highest BCUT2D eigenvalue weighted by Crippen LogP contribution is 2.27. The Morgan fingerprint density at radius 2 is 1.90 bits per heavy atom. The Hall–Kier alpha value is -2.36. The molecule has 2 amide bonds. The van der Waals surface area contributed by atoms with Crippen molar-refractivity contribution < 1.29 is 19.4 Å². The number of hydrazine groups is 1. The molecule has 9 nitrogen and oxygen atoms in total. The molecule has 1 aromatic rings. The number of amides is 2. The van der Waals surface area contributed by atoms with Gasteiger partial charge >= 0.3 is 6.09 Å². The van der Waals surface area contributed by atoms with Crippen molar-refractivity contribution in [2.45, 2.75) is 64.4 Å². The molecule has 0 spiro atoms. The van der Waals surface area contributed by atoms with E-state index in [1.54, 1.807) is 29.0 Å². The van der Waals surface area contributed by atoms with Crippen molar-refractivity contribution in [3.05, 3.63) is 29.8 Å². The van der Waals surface area contributed by atoms with Crippen LogP contribution in [0.15, 0.2) is 24.3 Å². The van der Waals surface area contributed by atoms with Crippen molar-refractivity contribution in [2.24, 2.45) is 5.84 Å². The van der Waals surface area contributed by atoms with Gasteiger partial charge in [0.15, 0.2) is 0 Å². The van der Waals surface area contributed by atoms with Crippen molar-refractivity contribution in [1.29, 1.82) is 0 Å². The highest BCUT2D eigenvalue weighted by Gasteiger charge is 2.32. The predicted octanol–water partition coefficient (Wildman–Crippen LogP) is 1.52. The van der Waals surface area contributed by atoms with Gasteiger partial charge in [0.1, 0.15) is 11.8 Å². The number of hydrogen-bond acceptors (Lipinski definition) is 7. The number of piperidine rings is 1. The largest absolute Gasteiger partial charge is 0.444 e. The number of likely N-dealkylation sites (tertiary alicyclic amines) is 1. The van der Waals surface area contributed by atoms with Crippen LogP contribution in [0.5, 0.6) is 0 Å². The van der Waals surface area contributed by atoms with Gasteiger partial charge in [0.05, 0.1) is 6.04 Å². The number of carbonyl (C=O) groups is 2. The minimum Gasteiger partial charge on any atom is -0.444 e. The van der Waals surface area contributed by atoms with E-state index in [9.17, 15) is 14.7 Å². The fraction of sp³-hybridized carbons (Fsp3) is 0.636. The van der Waals surface area contributed by atoms with E-state index in [-0.39, 0.29) is 24.1 Å². The maximum atomic E-state index is 12.6. The van der Waals surface area contributed by atoms with Crippen LogP contribution < -0.4 is 16.1 Å². The molecular weight excluding hydrogens is 398 g/mol. The maximum Gasteiger partial charge on any atom is 0.410 e. The Labute approximate surface area is 184 Å². The summed E-state index contributed by atoms with van der Waals surface area (Å²) in [5, 5.41) is 15.1. The molecule has 1 atom stereocenters. The zero-order valence-electron chi connectivity index (χ0n) is 18.9. The number of nitrogens with two attached hydrogens (primary N) is 1. The number of rotatable bonds is 5. The van der Waals surface area contributed by atoms with Crippen molar-refractivity contribution >= 4 is 17.7 Å². The topological polar surface area (TPSA) is 111 Å². The second-order valence-corrected chi connectivity index (χ2v) is 9.41. The fourth-order valence-electron chi connectivity index (χ4n) is 4.07. The zero-order chi connectivity index (χ0) is 22.8. The van der Waals surface area contributed by atoms with Crippen molar-refractivity contribution in [1.82, 2.24) is 15.2 Å². The monoisotopic (exact) mass is 433 g/mol. The number of nitrogens with one attached hydrogen (secondary N) is 1. The van der Waals surface area contributed by atoms with Crippen molar-refractivity contribution in [2.75, 3.05) is 31.1 Å². The Bertz CT molecular complexity index is 780. The van der Waals surface area contributed by atoms with Crippen LogP contribution in [-0.2, 0) is 4.74 Å². The van der Waals surface area contributed by atoms with E-state index in [2.05, 4.69) is 5.32 Å². The molecule has 0 aromatic heterocycles. The summed E-state index contributed by atoms with van der Waals surface area (Å²) in [4.78, 5) is 28.6. The zero-order valence-corrected chi connectivity index (χ0v) is 18.9. The number of benzene rings is 1. The summed E-state index contributed by atoms with van der Waals surface area (Å²) >= 11 is 0. The lowest BCUT2D eigenvalue weighted by molar-refractivity contribution is 0.0196. The van der Waals surface area contributed by atoms with Gasteiger partial charge in [-0.05, 0) is 58.7 Å². The highest BCUT2D eigenvalue weighted by molar-refractivity contribution is 5.95.